The van der Waals surface area contributed by atoms with E-state index in [-0.39, 0.29) is 18.0 Å². The van der Waals surface area contributed by atoms with Crippen molar-refractivity contribution in [2.75, 3.05) is 13.1 Å². The van der Waals surface area contributed by atoms with Gasteiger partial charge < -0.3 is 15.3 Å². The third-order valence-corrected chi connectivity index (χ3v) is 4.05. The molecule has 1 aliphatic carbocycles. The zero-order valence-electron chi connectivity index (χ0n) is 11.1. The van der Waals surface area contributed by atoms with Gasteiger partial charge in [0.15, 0.2) is 0 Å². The first kappa shape index (κ1) is 13.2. The minimum atomic E-state index is -0.808. The van der Waals surface area contributed by atoms with Crippen LogP contribution in [0.5, 0.6) is 0 Å². The number of carboxylic acid groups (broad SMARTS) is 1. The molecule has 2 fully saturated rings. The molecule has 1 unspecified atom stereocenters. The number of nitrogens with zero attached hydrogens (tertiary/aromatic N) is 1. The first-order valence-electron chi connectivity index (χ1n) is 6.66. The zero-order valence-corrected chi connectivity index (χ0v) is 11.1. The molecule has 18 heavy (non-hydrogen) atoms. The number of carboxylic acids is 1. The summed E-state index contributed by atoms with van der Waals surface area (Å²) in [6.45, 7) is 5.15. The fraction of sp³-hybridized carbons (Fsp3) is 0.846. The molecule has 1 saturated carbocycles. The Morgan fingerprint density at radius 3 is 2.56 bits per heavy atom. The third-order valence-electron chi connectivity index (χ3n) is 4.05. The normalized spacial score (nSPS) is 27.4. The predicted octanol–water partition coefficient (Wildman–Crippen LogP) is 1.68. The molecule has 0 aromatic rings. The lowest BCUT2D eigenvalue weighted by Crippen LogP contribution is -2.58. The van der Waals surface area contributed by atoms with Crippen LogP contribution in [0.3, 0.4) is 0 Å². The van der Waals surface area contributed by atoms with Gasteiger partial charge in [-0.05, 0) is 24.7 Å². The fourth-order valence-corrected chi connectivity index (χ4v) is 2.89. The summed E-state index contributed by atoms with van der Waals surface area (Å²) in [4.78, 5) is 24.1. The molecule has 5 heteroatoms. The van der Waals surface area contributed by atoms with E-state index in [4.69, 9.17) is 5.11 Å². The Bertz CT molecular complexity index is 348. The van der Waals surface area contributed by atoms with Crippen molar-refractivity contribution in [3.05, 3.63) is 0 Å². The number of hydrogen-bond acceptors (Lipinski definition) is 2. The van der Waals surface area contributed by atoms with Gasteiger partial charge in [-0.1, -0.05) is 20.3 Å². The van der Waals surface area contributed by atoms with Crippen LogP contribution in [0.1, 0.15) is 39.5 Å². The number of hydrogen-bond donors (Lipinski definition) is 2. The smallest absolute Gasteiger partial charge is 0.317 e. The van der Waals surface area contributed by atoms with Crippen LogP contribution in [-0.4, -0.2) is 41.1 Å². The summed E-state index contributed by atoms with van der Waals surface area (Å²) in [6, 6.07) is 0.139. The van der Waals surface area contributed by atoms with Gasteiger partial charge in [-0.25, -0.2) is 4.79 Å². The Morgan fingerprint density at radius 1 is 1.33 bits per heavy atom. The Kier molecular flexibility index (Phi) is 3.50. The molecule has 0 radical (unpaired) electrons. The van der Waals surface area contributed by atoms with E-state index < -0.39 is 5.97 Å². The number of likely N-dealkylation sites (tertiary alicyclic amines) is 1. The maximum Gasteiger partial charge on any atom is 0.317 e. The molecule has 1 heterocycles. The number of aliphatic carboxylic acids is 1. The maximum absolute atomic E-state index is 11.9. The second-order valence-corrected chi connectivity index (χ2v) is 6.35. The SMILES string of the molecule is CC1(C)CCCC(NC(=O)N2CC(C(=O)O)C2)C1. The number of amides is 2. The van der Waals surface area contributed by atoms with Crippen LogP contribution in [0.15, 0.2) is 0 Å². The Labute approximate surface area is 108 Å². The van der Waals surface area contributed by atoms with E-state index in [0.29, 0.717) is 18.5 Å². The quantitative estimate of drug-likeness (QED) is 0.787. The van der Waals surface area contributed by atoms with E-state index >= 15 is 0 Å². The van der Waals surface area contributed by atoms with Crippen molar-refractivity contribution in [3.63, 3.8) is 0 Å². The van der Waals surface area contributed by atoms with E-state index in [0.717, 1.165) is 19.3 Å². The zero-order chi connectivity index (χ0) is 13.3. The van der Waals surface area contributed by atoms with E-state index in [1.807, 2.05) is 0 Å². The molecule has 1 aliphatic heterocycles. The van der Waals surface area contributed by atoms with Crippen LogP contribution in [0.4, 0.5) is 4.79 Å². The van der Waals surface area contributed by atoms with Gasteiger partial charge in [0.05, 0.1) is 5.92 Å². The Balaban J connectivity index is 1.77. The van der Waals surface area contributed by atoms with Gasteiger partial charge in [0.2, 0.25) is 0 Å². The fourth-order valence-electron chi connectivity index (χ4n) is 2.89. The molecule has 5 nitrogen and oxygen atoms in total. The van der Waals surface area contributed by atoms with Crippen LogP contribution in [0.25, 0.3) is 0 Å². The summed E-state index contributed by atoms with van der Waals surface area (Å²) < 4.78 is 0. The van der Waals surface area contributed by atoms with Gasteiger partial charge >= 0.3 is 12.0 Å². The molecule has 102 valence electrons. The lowest BCUT2D eigenvalue weighted by atomic mass is 9.75. The number of urea groups is 1. The molecular formula is C13H22N2O3. The summed E-state index contributed by atoms with van der Waals surface area (Å²) in [5.41, 5.74) is 0.300. The largest absolute Gasteiger partial charge is 0.481 e. The van der Waals surface area contributed by atoms with Crippen LogP contribution >= 0.6 is 0 Å². The standard InChI is InChI=1S/C13H22N2O3/c1-13(2)5-3-4-10(6-13)14-12(18)15-7-9(8-15)11(16)17/h9-10H,3-8H2,1-2H3,(H,14,18)(H,16,17). The van der Waals surface area contributed by atoms with Crippen molar-refractivity contribution < 1.29 is 14.7 Å². The number of rotatable bonds is 2. The molecular weight excluding hydrogens is 232 g/mol. The van der Waals surface area contributed by atoms with Gasteiger partial charge in [-0.3, -0.25) is 4.79 Å². The maximum atomic E-state index is 11.9. The average molecular weight is 254 g/mol. The molecule has 0 bridgehead atoms. The van der Waals surface area contributed by atoms with Crippen molar-refractivity contribution in [1.29, 1.82) is 0 Å². The molecule has 2 rings (SSSR count). The van der Waals surface area contributed by atoms with Gasteiger partial charge in [-0.15, -0.1) is 0 Å². The molecule has 2 N–H and O–H groups in total. The monoisotopic (exact) mass is 254 g/mol. The van der Waals surface area contributed by atoms with E-state index in [1.165, 1.54) is 6.42 Å². The minimum absolute atomic E-state index is 0.102. The summed E-state index contributed by atoms with van der Waals surface area (Å²) in [5, 5.41) is 11.8. The highest BCUT2D eigenvalue weighted by Crippen LogP contribution is 2.35. The second-order valence-electron chi connectivity index (χ2n) is 6.35. The van der Waals surface area contributed by atoms with Crippen LogP contribution in [-0.2, 0) is 4.79 Å². The number of nitrogens with one attached hydrogen (secondary N) is 1. The van der Waals surface area contributed by atoms with Crippen molar-refractivity contribution in [1.82, 2.24) is 10.2 Å². The highest BCUT2D eigenvalue weighted by Gasteiger charge is 2.37. The van der Waals surface area contributed by atoms with Crippen molar-refractivity contribution in [2.24, 2.45) is 11.3 Å². The van der Waals surface area contributed by atoms with Gasteiger partial charge in [0, 0.05) is 19.1 Å². The summed E-state index contributed by atoms with van der Waals surface area (Å²) in [5.74, 6) is -1.18. The van der Waals surface area contributed by atoms with Crippen molar-refractivity contribution in [3.8, 4) is 0 Å². The molecule has 0 aromatic carbocycles. The lowest BCUT2D eigenvalue weighted by Gasteiger charge is -2.40. The Hall–Kier alpha value is -1.26. The average Bonchev–Trinajstić information content (AvgIpc) is 2.11. The lowest BCUT2D eigenvalue weighted by molar-refractivity contribution is -0.146. The summed E-state index contributed by atoms with van der Waals surface area (Å²) in [6.07, 6.45) is 4.40. The van der Waals surface area contributed by atoms with Crippen LogP contribution in [0.2, 0.25) is 0 Å². The summed E-state index contributed by atoms with van der Waals surface area (Å²) in [7, 11) is 0. The predicted molar refractivity (Wildman–Crippen MR) is 67.3 cm³/mol. The van der Waals surface area contributed by atoms with Crippen LogP contribution in [0, 0.1) is 11.3 Å². The van der Waals surface area contributed by atoms with Gasteiger partial charge in [-0.2, -0.15) is 0 Å². The van der Waals surface area contributed by atoms with Gasteiger partial charge in [0.1, 0.15) is 0 Å². The molecule has 1 atom stereocenters. The van der Waals surface area contributed by atoms with E-state index in [9.17, 15) is 9.59 Å². The van der Waals surface area contributed by atoms with Crippen molar-refractivity contribution in [2.45, 2.75) is 45.6 Å². The summed E-state index contributed by atoms with van der Waals surface area (Å²) >= 11 is 0. The van der Waals surface area contributed by atoms with Gasteiger partial charge in [0.25, 0.3) is 0 Å². The highest BCUT2D eigenvalue weighted by atomic mass is 16.4. The first-order valence-corrected chi connectivity index (χ1v) is 6.66. The van der Waals surface area contributed by atoms with Crippen molar-refractivity contribution >= 4 is 12.0 Å². The molecule has 1 saturated heterocycles. The highest BCUT2D eigenvalue weighted by molar-refractivity contribution is 5.79. The second kappa shape index (κ2) is 4.78. The Morgan fingerprint density at radius 2 is 2.00 bits per heavy atom. The number of carbonyl (C=O) groups is 2. The van der Waals surface area contributed by atoms with Crippen LogP contribution < -0.4 is 5.32 Å². The molecule has 2 amide bonds. The van der Waals surface area contributed by atoms with E-state index in [1.54, 1.807) is 4.90 Å². The molecule has 0 spiro atoms. The topological polar surface area (TPSA) is 69.6 Å². The third kappa shape index (κ3) is 2.94. The first-order chi connectivity index (χ1) is 8.37. The van der Waals surface area contributed by atoms with E-state index in [2.05, 4.69) is 19.2 Å². The minimum Gasteiger partial charge on any atom is -0.481 e. The number of carbonyl (C=O) groups excluding carboxylic acids is 1. The molecule has 2 aliphatic rings. The molecule has 0 aromatic heterocycles.